The molecule has 0 bridgehead atoms. The molecule has 0 heterocycles. The molecule has 17 heavy (non-hydrogen) atoms. The Labute approximate surface area is 96.2 Å². The lowest BCUT2D eigenvalue weighted by molar-refractivity contribution is 0.0828. The summed E-state index contributed by atoms with van der Waals surface area (Å²) in [5.41, 5.74) is 0. The third kappa shape index (κ3) is 3.05. The van der Waals surface area contributed by atoms with Crippen LogP contribution in [0.4, 0.5) is 13.6 Å². The fourth-order valence-corrected chi connectivity index (χ4v) is 1.74. The lowest BCUT2D eigenvalue weighted by Gasteiger charge is -2.34. The summed E-state index contributed by atoms with van der Waals surface area (Å²) in [7, 11) is 0. The monoisotopic (exact) mass is 243 g/mol. The fourth-order valence-electron chi connectivity index (χ4n) is 1.74. The molecule has 0 aromatic heterocycles. The van der Waals surface area contributed by atoms with Crippen LogP contribution in [0.1, 0.15) is 12.8 Å². The van der Waals surface area contributed by atoms with E-state index in [-0.39, 0.29) is 17.9 Å². The van der Waals surface area contributed by atoms with Gasteiger partial charge in [0.2, 0.25) is 0 Å². The molecular formula is C11H11F2NO3. The van der Waals surface area contributed by atoms with E-state index < -0.39 is 17.7 Å². The van der Waals surface area contributed by atoms with Crippen LogP contribution in [0.15, 0.2) is 18.2 Å². The van der Waals surface area contributed by atoms with Gasteiger partial charge in [-0.2, -0.15) is 0 Å². The first-order valence-electron chi connectivity index (χ1n) is 5.15. The summed E-state index contributed by atoms with van der Waals surface area (Å²) in [5.74, 6) is -1.26. The van der Waals surface area contributed by atoms with E-state index in [1.807, 2.05) is 0 Å². The van der Waals surface area contributed by atoms with E-state index in [0.717, 1.165) is 18.2 Å². The minimum absolute atomic E-state index is 0.126. The topological polar surface area (TPSA) is 58.6 Å². The Balaban J connectivity index is 1.85. The predicted molar refractivity (Wildman–Crippen MR) is 55.0 cm³/mol. The molecule has 1 aliphatic carbocycles. The standard InChI is InChI=1S/C11H11F2NO3/c12-6-1-7(13)3-9(2-6)17-10-4-8(5-10)14-11(15)16/h1-3,8,10,14H,4-5H2,(H,15,16)/t8-,10-. The molecule has 1 saturated carbocycles. The van der Waals surface area contributed by atoms with Crippen molar-refractivity contribution < 1.29 is 23.4 Å². The highest BCUT2D eigenvalue weighted by atomic mass is 19.1. The van der Waals surface area contributed by atoms with Gasteiger partial charge < -0.3 is 15.2 Å². The Hall–Kier alpha value is -1.85. The summed E-state index contributed by atoms with van der Waals surface area (Å²) in [5, 5.41) is 10.8. The summed E-state index contributed by atoms with van der Waals surface area (Å²) in [6.45, 7) is 0. The molecule has 6 heteroatoms. The van der Waals surface area contributed by atoms with E-state index in [9.17, 15) is 13.6 Å². The van der Waals surface area contributed by atoms with Crippen molar-refractivity contribution in [3.05, 3.63) is 29.8 Å². The van der Waals surface area contributed by atoms with Crippen molar-refractivity contribution in [3.8, 4) is 5.75 Å². The zero-order valence-corrected chi connectivity index (χ0v) is 8.82. The van der Waals surface area contributed by atoms with Gasteiger partial charge in [0.05, 0.1) is 0 Å². The zero-order valence-electron chi connectivity index (χ0n) is 8.82. The molecule has 0 radical (unpaired) electrons. The molecule has 4 nitrogen and oxygen atoms in total. The lowest BCUT2D eigenvalue weighted by atomic mass is 9.89. The van der Waals surface area contributed by atoms with Crippen molar-refractivity contribution in [3.63, 3.8) is 0 Å². The molecule has 0 saturated heterocycles. The molecule has 1 amide bonds. The smallest absolute Gasteiger partial charge is 0.404 e. The molecule has 0 aliphatic heterocycles. The average molecular weight is 243 g/mol. The van der Waals surface area contributed by atoms with Gasteiger partial charge in [-0.1, -0.05) is 0 Å². The summed E-state index contributed by atoms with van der Waals surface area (Å²) >= 11 is 0. The van der Waals surface area contributed by atoms with Gasteiger partial charge in [-0.25, -0.2) is 13.6 Å². The number of ether oxygens (including phenoxy) is 1. The van der Waals surface area contributed by atoms with Crippen molar-refractivity contribution in [2.75, 3.05) is 0 Å². The second kappa shape index (κ2) is 4.57. The normalized spacial score (nSPS) is 22.7. The van der Waals surface area contributed by atoms with Gasteiger partial charge in [-0.05, 0) is 0 Å². The Kier molecular flexibility index (Phi) is 3.12. The Morgan fingerprint density at radius 3 is 2.41 bits per heavy atom. The summed E-state index contributed by atoms with van der Waals surface area (Å²) < 4.78 is 31.0. The van der Waals surface area contributed by atoms with Gasteiger partial charge in [0.15, 0.2) is 0 Å². The number of benzene rings is 1. The van der Waals surface area contributed by atoms with Crippen LogP contribution in [0.2, 0.25) is 0 Å². The molecule has 0 unspecified atom stereocenters. The molecular weight excluding hydrogens is 232 g/mol. The maximum Gasteiger partial charge on any atom is 0.404 e. The highest BCUT2D eigenvalue weighted by molar-refractivity contribution is 5.65. The van der Waals surface area contributed by atoms with Crippen LogP contribution < -0.4 is 10.1 Å². The predicted octanol–water partition coefficient (Wildman–Crippen LogP) is 2.14. The van der Waals surface area contributed by atoms with Crippen molar-refractivity contribution in [2.45, 2.75) is 25.0 Å². The van der Waals surface area contributed by atoms with Gasteiger partial charge in [0, 0.05) is 37.1 Å². The van der Waals surface area contributed by atoms with E-state index in [0.29, 0.717) is 12.8 Å². The van der Waals surface area contributed by atoms with Crippen LogP contribution in [0, 0.1) is 11.6 Å². The molecule has 0 spiro atoms. The van der Waals surface area contributed by atoms with Crippen LogP contribution in [-0.4, -0.2) is 23.3 Å². The summed E-state index contributed by atoms with van der Waals surface area (Å²) in [4.78, 5) is 10.3. The van der Waals surface area contributed by atoms with Gasteiger partial charge in [0.1, 0.15) is 23.5 Å². The number of carboxylic acid groups (broad SMARTS) is 1. The zero-order chi connectivity index (χ0) is 12.4. The largest absolute Gasteiger partial charge is 0.490 e. The van der Waals surface area contributed by atoms with Crippen LogP contribution >= 0.6 is 0 Å². The summed E-state index contributed by atoms with van der Waals surface area (Å²) in [6, 6.07) is 2.82. The molecule has 92 valence electrons. The van der Waals surface area contributed by atoms with Crippen molar-refractivity contribution in [1.29, 1.82) is 0 Å². The maximum absolute atomic E-state index is 12.8. The Bertz CT molecular complexity index is 412. The maximum atomic E-state index is 12.8. The van der Waals surface area contributed by atoms with E-state index in [1.54, 1.807) is 0 Å². The van der Waals surface area contributed by atoms with Crippen LogP contribution in [0.25, 0.3) is 0 Å². The number of halogens is 2. The third-order valence-electron chi connectivity index (χ3n) is 2.56. The van der Waals surface area contributed by atoms with E-state index >= 15 is 0 Å². The van der Waals surface area contributed by atoms with Crippen molar-refractivity contribution in [2.24, 2.45) is 0 Å². The molecule has 1 fully saturated rings. The number of amides is 1. The second-order valence-electron chi connectivity index (χ2n) is 3.96. The number of nitrogens with one attached hydrogen (secondary N) is 1. The van der Waals surface area contributed by atoms with Gasteiger partial charge in [0.25, 0.3) is 0 Å². The van der Waals surface area contributed by atoms with E-state index in [4.69, 9.17) is 9.84 Å². The Morgan fingerprint density at radius 1 is 1.29 bits per heavy atom. The minimum atomic E-state index is -1.08. The van der Waals surface area contributed by atoms with Crippen molar-refractivity contribution >= 4 is 6.09 Å². The molecule has 2 rings (SSSR count). The molecule has 1 aromatic rings. The number of carbonyl (C=O) groups is 1. The van der Waals surface area contributed by atoms with Gasteiger partial charge >= 0.3 is 6.09 Å². The van der Waals surface area contributed by atoms with E-state index in [1.165, 1.54) is 0 Å². The second-order valence-corrected chi connectivity index (χ2v) is 3.96. The number of hydrogen-bond acceptors (Lipinski definition) is 2. The molecule has 0 atom stereocenters. The summed E-state index contributed by atoms with van der Waals surface area (Å²) in [6.07, 6.45) is -0.271. The molecule has 2 N–H and O–H groups in total. The quantitative estimate of drug-likeness (QED) is 0.855. The lowest BCUT2D eigenvalue weighted by Crippen LogP contribution is -2.48. The average Bonchev–Trinajstić information content (AvgIpc) is 2.11. The number of hydrogen-bond donors (Lipinski definition) is 2. The first-order valence-corrected chi connectivity index (χ1v) is 5.15. The van der Waals surface area contributed by atoms with Gasteiger partial charge in [-0.15, -0.1) is 0 Å². The van der Waals surface area contributed by atoms with E-state index in [2.05, 4.69) is 5.32 Å². The highest BCUT2D eigenvalue weighted by Gasteiger charge is 2.32. The minimum Gasteiger partial charge on any atom is -0.490 e. The van der Waals surface area contributed by atoms with Crippen molar-refractivity contribution in [1.82, 2.24) is 5.32 Å². The van der Waals surface area contributed by atoms with Crippen LogP contribution in [0.3, 0.4) is 0 Å². The fraction of sp³-hybridized carbons (Fsp3) is 0.364. The molecule has 1 aliphatic rings. The Morgan fingerprint density at radius 2 is 1.88 bits per heavy atom. The molecule has 1 aromatic carbocycles. The number of rotatable bonds is 3. The first-order chi connectivity index (χ1) is 8.02. The highest BCUT2D eigenvalue weighted by Crippen LogP contribution is 2.26. The SMILES string of the molecule is O=C(O)N[C@H]1C[C@H](Oc2cc(F)cc(F)c2)C1. The first kappa shape index (κ1) is 11.6. The van der Waals surface area contributed by atoms with Gasteiger partial charge in [-0.3, -0.25) is 0 Å². The van der Waals surface area contributed by atoms with Crippen LogP contribution in [-0.2, 0) is 0 Å². The van der Waals surface area contributed by atoms with Crippen LogP contribution in [0.5, 0.6) is 5.75 Å². The third-order valence-corrected chi connectivity index (χ3v) is 2.56.